The third-order valence-corrected chi connectivity index (χ3v) is 5.71. The molecule has 1 heterocycles. The van der Waals surface area contributed by atoms with E-state index in [1.807, 2.05) is 80.5 Å². The third-order valence-electron chi connectivity index (χ3n) is 5.71. The molecule has 0 aromatic heterocycles. The first-order chi connectivity index (χ1) is 15.9. The number of fused-ring (bicyclic) bond motifs is 1. The van der Waals surface area contributed by atoms with Gasteiger partial charge in [0.2, 0.25) is 0 Å². The number of para-hydroxylation sites is 1. The van der Waals surface area contributed by atoms with Gasteiger partial charge in [-0.3, -0.25) is 9.69 Å². The van der Waals surface area contributed by atoms with Gasteiger partial charge in [-0.2, -0.15) is 0 Å². The Bertz CT molecular complexity index is 1150. The maximum Gasteiger partial charge on any atom is 0.308 e. The summed E-state index contributed by atoms with van der Waals surface area (Å²) >= 11 is 0. The SMILES string of the molecule is CC(=O)Oc1ccc(/C(=C2\CCOc3ccccc32)c2ccc(OC(C)N(C)C)cc2)cc1. The van der Waals surface area contributed by atoms with Gasteiger partial charge in [0.1, 0.15) is 23.5 Å². The molecule has 1 unspecified atom stereocenters. The molecule has 0 radical (unpaired) electrons. The van der Waals surface area contributed by atoms with Crippen molar-refractivity contribution in [2.45, 2.75) is 26.5 Å². The van der Waals surface area contributed by atoms with E-state index in [9.17, 15) is 4.79 Å². The summed E-state index contributed by atoms with van der Waals surface area (Å²) in [4.78, 5) is 13.3. The highest BCUT2D eigenvalue weighted by Crippen LogP contribution is 2.41. The molecular formula is C28H29NO4. The van der Waals surface area contributed by atoms with E-state index in [4.69, 9.17) is 14.2 Å². The zero-order valence-corrected chi connectivity index (χ0v) is 19.5. The van der Waals surface area contributed by atoms with Gasteiger partial charge in [0.15, 0.2) is 0 Å². The molecule has 1 atom stereocenters. The molecule has 0 spiro atoms. The minimum absolute atomic E-state index is 0.0233. The fraction of sp³-hybridized carbons (Fsp3) is 0.250. The fourth-order valence-electron chi connectivity index (χ4n) is 3.87. The Kier molecular flexibility index (Phi) is 6.80. The third kappa shape index (κ3) is 5.26. The van der Waals surface area contributed by atoms with Crippen LogP contribution < -0.4 is 14.2 Å². The molecule has 0 saturated carbocycles. The van der Waals surface area contributed by atoms with E-state index in [0.717, 1.165) is 40.2 Å². The highest BCUT2D eigenvalue weighted by Gasteiger charge is 2.21. The molecule has 1 aliphatic rings. The zero-order valence-electron chi connectivity index (χ0n) is 19.5. The van der Waals surface area contributed by atoms with Crippen LogP contribution in [0.3, 0.4) is 0 Å². The van der Waals surface area contributed by atoms with Gasteiger partial charge in [-0.15, -0.1) is 0 Å². The van der Waals surface area contributed by atoms with Gasteiger partial charge < -0.3 is 14.2 Å². The molecule has 0 amide bonds. The Morgan fingerprint density at radius 2 is 1.52 bits per heavy atom. The summed E-state index contributed by atoms with van der Waals surface area (Å²) in [6, 6.07) is 24.0. The molecule has 1 aliphatic heterocycles. The van der Waals surface area contributed by atoms with Gasteiger partial charge >= 0.3 is 5.97 Å². The van der Waals surface area contributed by atoms with Crippen molar-refractivity contribution in [1.29, 1.82) is 0 Å². The lowest BCUT2D eigenvalue weighted by atomic mass is 9.87. The van der Waals surface area contributed by atoms with E-state index >= 15 is 0 Å². The van der Waals surface area contributed by atoms with Crippen LogP contribution in [0, 0.1) is 0 Å². The van der Waals surface area contributed by atoms with Crippen LogP contribution in [-0.4, -0.2) is 37.8 Å². The lowest BCUT2D eigenvalue weighted by molar-refractivity contribution is -0.131. The molecule has 0 N–H and O–H groups in total. The van der Waals surface area contributed by atoms with Crippen LogP contribution in [0.1, 0.15) is 37.0 Å². The Morgan fingerprint density at radius 1 is 0.909 bits per heavy atom. The molecule has 0 saturated heterocycles. The first-order valence-corrected chi connectivity index (χ1v) is 11.1. The lowest BCUT2D eigenvalue weighted by Gasteiger charge is -2.24. The average molecular weight is 444 g/mol. The fourth-order valence-corrected chi connectivity index (χ4v) is 3.87. The van der Waals surface area contributed by atoms with Gasteiger partial charge in [-0.05, 0) is 73.6 Å². The largest absolute Gasteiger partial charge is 0.493 e. The van der Waals surface area contributed by atoms with Gasteiger partial charge in [0.25, 0.3) is 0 Å². The Labute approximate surface area is 195 Å². The second kappa shape index (κ2) is 9.92. The van der Waals surface area contributed by atoms with Crippen LogP contribution in [-0.2, 0) is 4.79 Å². The van der Waals surface area contributed by atoms with Gasteiger partial charge in [0, 0.05) is 18.9 Å². The monoisotopic (exact) mass is 443 g/mol. The van der Waals surface area contributed by atoms with Crippen molar-refractivity contribution in [3.05, 3.63) is 89.5 Å². The maximum atomic E-state index is 11.3. The second-order valence-electron chi connectivity index (χ2n) is 8.27. The highest BCUT2D eigenvalue weighted by atomic mass is 16.5. The number of nitrogens with zero attached hydrogens (tertiary/aromatic N) is 1. The maximum absolute atomic E-state index is 11.3. The van der Waals surface area contributed by atoms with Crippen molar-refractivity contribution >= 4 is 17.1 Å². The molecule has 0 bridgehead atoms. The number of hydrogen-bond donors (Lipinski definition) is 0. The van der Waals surface area contributed by atoms with Gasteiger partial charge in [0.05, 0.1) is 6.61 Å². The lowest BCUT2D eigenvalue weighted by Crippen LogP contribution is -2.30. The topological polar surface area (TPSA) is 48.0 Å². The van der Waals surface area contributed by atoms with Crippen molar-refractivity contribution < 1.29 is 19.0 Å². The van der Waals surface area contributed by atoms with Crippen LogP contribution in [0.4, 0.5) is 0 Å². The summed E-state index contributed by atoms with van der Waals surface area (Å²) < 4.78 is 17.2. The average Bonchev–Trinajstić information content (AvgIpc) is 2.81. The van der Waals surface area contributed by atoms with Crippen LogP contribution in [0.2, 0.25) is 0 Å². The van der Waals surface area contributed by atoms with E-state index in [0.29, 0.717) is 12.4 Å². The molecule has 0 fully saturated rings. The van der Waals surface area contributed by atoms with Crippen LogP contribution in [0.15, 0.2) is 72.8 Å². The van der Waals surface area contributed by atoms with E-state index in [-0.39, 0.29) is 12.2 Å². The summed E-state index contributed by atoms with van der Waals surface area (Å²) in [5.74, 6) is 1.92. The Balaban J connectivity index is 1.79. The van der Waals surface area contributed by atoms with Crippen molar-refractivity contribution in [2.24, 2.45) is 0 Å². The number of ether oxygens (including phenoxy) is 3. The molecule has 0 aliphatic carbocycles. The Morgan fingerprint density at radius 3 is 2.12 bits per heavy atom. The van der Waals surface area contributed by atoms with Crippen molar-refractivity contribution in [3.63, 3.8) is 0 Å². The highest BCUT2D eigenvalue weighted by molar-refractivity contribution is 6.00. The predicted octanol–water partition coefficient (Wildman–Crippen LogP) is 5.64. The van der Waals surface area contributed by atoms with Gasteiger partial charge in [-0.25, -0.2) is 0 Å². The van der Waals surface area contributed by atoms with E-state index < -0.39 is 0 Å². The summed E-state index contributed by atoms with van der Waals surface area (Å²) in [7, 11) is 3.98. The Hall–Kier alpha value is -3.57. The predicted molar refractivity (Wildman–Crippen MR) is 130 cm³/mol. The zero-order chi connectivity index (χ0) is 23.4. The van der Waals surface area contributed by atoms with Crippen molar-refractivity contribution in [3.8, 4) is 17.2 Å². The molecular weight excluding hydrogens is 414 g/mol. The minimum Gasteiger partial charge on any atom is -0.493 e. The van der Waals surface area contributed by atoms with E-state index in [1.54, 1.807) is 0 Å². The minimum atomic E-state index is -0.331. The van der Waals surface area contributed by atoms with Gasteiger partial charge in [-0.1, -0.05) is 42.5 Å². The number of hydrogen-bond acceptors (Lipinski definition) is 5. The van der Waals surface area contributed by atoms with Crippen LogP contribution in [0.25, 0.3) is 11.1 Å². The summed E-state index contributed by atoms with van der Waals surface area (Å²) in [5.41, 5.74) is 5.60. The molecule has 33 heavy (non-hydrogen) atoms. The van der Waals surface area contributed by atoms with E-state index in [1.165, 1.54) is 12.5 Å². The van der Waals surface area contributed by atoms with E-state index in [2.05, 4.69) is 18.2 Å². The molecule has 3 aromatic carbocycles. The summed E-state index contributed by atoms with van der Waals surface area (Å²) in [6.45, 7) is 4.05. The number of esters is 1. The normalized spacial score (nSPS) is 15.3. The quantitative estimate of drug-likeness (QED) is 0.280. The second-order valence-corrected chi connectivity index (χ2v) is 8.27. The number of benzene rings is 3. The molecule has 3 aromatic rings. The van der Waals surface area contributed by atoms with Crippen molar-refractivity contribution in [2.75, 3.05) is 20.7 Å². The van der Waals surface area contributed by atoms with Crippen molar-refractivity contribution in [1.82, 2.24) is 4.90 Å². The smallest absolute Gasteiger partial charge is 0.308 e. The van der Waals surface area contributed by atoms with Crippen LogP contribution in [0.5, 0.6) is 17.2 Å². The first kappa shape index (κ1) is 22.6. The molecule has 170 valence electrons. The summed E-state index contributed by atoms with van der Waals surface area (Å²) in [5, 5.41) is 0. The molecule has 5 heteroatoms. The van der Waals surface area contributed by atoms with Crippen LogP contribution >= 0.6 is 0 Å². The summed E-state index contributed by atoms with van der Waals surface area (Å²) in [6.07, 6.45) is 0.776. The molecule has 4 rings (SSSR count). The standard InChI is InChI=1S/C28H29NO4/c1-19(29(3)4)32-23-13-9-21(10-14-23)28(22-11-15-24(16-12-22)33-20(2)30)26-17-18-31-27-8-6-5-7-25(26)27/h5-16,19H,17-18H2,1-4H3/b28-26+. The number of rotatable bonds is 6. The molecule has 5 nitrogen and oxygen atoms in total. The first-order valence-electron chi connectivity index (χ1n) is 11.1. The number of carbonyl (C=O) groups excluding carboxylic acids is 1. The number of carbonyl (C=O) groups is 1.